The lowest BCUT2D eigenvalue weighted by Crippen LogP contribution is -2.38. The van der Waals surface area contributed by atoms with Crippen LogP contribution in [0.4, 0.5) is 5.69 Å². The van der Waals surface area contributed by atoms with Crippen molar-refractivity contribution in [3.05, 3.63) is 36.0 Å². The van der Waals surface area contributed by atoms with Crippen LogP contribution in [0.25, 0.3) is 0 Å². The maximum absolute atomic E-state index is 12.6. The molecule has 0 spiro atoms. The third-order valence-electron chi connectivity index (χ3n) is 3.75. The number of aromatic nitrogens is 2. The number of hydrogen-bond acceptors (Lipinski definition) is 5. The van der Waals surface area contributed by atoms with Gasteiger partial charge in [0.15, 0.2) is 0 Å². The van der Waals surface area contributed by atoms with Gasteiger partial charge in [0.05, 0.1) is 5.69 Å². The van der Waals surface area contributed by atoms with Crippen molar-refractivity contribution in [1.29, 1.82) is 0 Å². The van der Waals surface area contributed by atoms with E-state index < -0.39 is 0 Å². The quantitative estimate of drug-likeness (QED) is 0.856. The van der Waals surface area contributed by atoms with Gasteiger partial charge in [-0.2, -0.15) is 0 Å². The Kier molecular flexibility index (Phi) is 4.71. The van der Waals surface area contributed by atoms with E-state index in [0.717, 1.165) is 12.2 Å². The number of benzene rings is 1. The highest BCUT2D eigenvalue weighted by atomic mass is 32.2. The van der Waals surface area contributed by atoms with Gasteiger partial charge in [-0.05, 0) is 12.1 Å². The minimum atomic E-state index is 0.105. The van der Waals surface area contributed by atoms with Crippen LogP contribution in [0.2, 0.25) is 0 Å². The zero-order valence-electron chi connectivity index (χ0n) is 13.7. The van der Waals surface area contributed by atoms with Crippen molar-refractivity contribution in [2.75, 3.05) is 11.4 Å². The molecule has 0 saturated heterocycles. The molecule has 1 atom stereocenters. The van der Waals surface area contributed by atoms with Crippen LogP contribution < -0.4 is 4.90 Å². The fourth-order valence-electron chi connectivity index (χ4n) is 2.58. The van der Waals surface area contributed by atoms with Crippen molar-refractivity contribution < 1.29 is 9.21 Å². The average Bonchev–Trinajstić information content (AvgIpc) is 3.01. The second-order valence-corrected chi connectivity index (χ2v) is 7.57. The predicted molar refractivity (Wildman–Crippen MR) is 90.8 cm³/mol. The average molecular weight is 331 g/mol. The number of thioether (sulfide) groups is 1. The van der Waals surface area contributed by atoms with Gasteiger partial charge in [0.25, 0.3) is 0 Å². The Morgan fingerprint density at radius 3 is 2.91 bits per heavy atom. The van der Waals surface area contributed by atoms with E-state index in [9.17, 15) is 4.79 Å². The first-order chi connectivity index (χ1) is 11.0. The molecule has 1 aliphatic heterocycles. The standard InChI is InChI=1S/C17H21N3O2S/c1-11(2)17-19-18-15(22-17)8-9-16(21)20-10-12(3)23-14-7-5-4-6-13(14)20/h4-7,11-12H,8-10H2,1-3H3. The Hall–Kier alpha value is -1.82. The third-order valence-corrected chi connectivity index (χ3v) is 4.90. The normalized spacial score (nSPS) is 17.4. The lowest BCUT2D eigenvalue weighted by Gasteiger charge is -2.32. The second-order valence-electron chi connectivity index (χ2n) is 6.09. The molecule has 3 rings (SSSR count). The van der Waals surface area contributed by atoms with Crippen LogP contribution >= 0.6 is 11.8 Å². The number of nitrogens with zero attached hydrogens (tertiary/aromatic N) is 3. The van der Waals surface area contributed by atoms with E-state index in [-0.39, 0.29) is 11.8 Å². The SMILES string of the molecule is CC1CN(C(=O)CCc2nnc(C(C)C)o2)c2ccccc2S1. The van der Waals surface area contributed by atoms with Crippen LogP contribution in [0.3, 0.4) is 0 Å². The van der Waals surface area contributed by atoms with E-state index in [0.29, 0.717) is 29.9 Å². The summed E-state index contributed by atoms with van der Waals surface area (Å²) in [6.45, 7) is 6.90. The lowest BCUT2D eigenvalue weighted by molar-refractivity contribution is -0.118. The molecule has 0 saturated carbocycles. The molecule has 0 bridgehead atoms. The van der Waals surface area contributed by atoms with E-state index in [1.807, 2.05) is 48.7 Å². The number of aryl methyl sites for hydroxylation is 1. The van der Waals surface area contributed by atoms with Gasteiger partial charge in [0.1, 0.15) is 0 Å². The van der Waals surface area contributed by atoms with Crippen molar-refractivity contribution in [1.82, 2.24) is 10.2 Å². The number of rotatable bonds is 4. The molecule has 0 fully saturated rings. The maximum atomic E-state index is 12.6. The minimum Gasteiger partial charge on any atom is -0.425 e. The smallest absolute Gasteiger partial charge is 0.227 e. The van der Waals surface area contributed by atoms with Crippen molar-refractivity contribution in [2.45, 2.75) is 49.7 Å². The molecular weight excluding hydrogens is 310 g/mol. The molecule has 122 valence electrons. The topological polar surface area (TPSA) is 59.2 Å². The zero-order chi connectivity index (χ0) is 16.4. The van der Waals surface area contributed by atoms with Crippen LogP contribution in [0.15, 0.2) is 33.6 Å². The molecule has 5 nitrogen and oxygen atoms in total. The van der Waals surface area contributed by atoms with Crippen molar-refractivity contribution in [3.8, 4) is 0 Å². The van der Waals surface area contributed by atoms with Gasteiger partial charge in [-0.1, -0.05) is 32.9 Å². The Bertz CT molecular complexity index is 699. The number of carbonyl (C=O) groups excluding carboxylic acids is 1. The van der Waals surface area contributed by atoms with Crippen LogP contribution in [0.5, 0.6) is 0 Å². The number of amides is 1. The number of para-hydroxylation sites is 1. The van der Waals surface area contributed by atoms with E-state index in [1.165, 1.54) is 4.90 Å². The molecule has 1 aromatic heterocycles. The van der Waals surface area contributed by atoms with Crippen LogP contribution in [0, 0.1) is 0 Å². The molecule has 2 aromatic rings. The van der Waals surface area contributed by atoms with Crippen LogP contribution in [0.1, 0.15) is 44.9 Å². The first-order valence-electron chi connectivity index (χ1n) is 7.93. The van der Waals surface area contributed by atoms with Gasteiger partial charge in [-0.15, -0.1) is 22.0 Å². The van der Waals surface area contributed by atoms with E-state index in [2.05, 4.69) is 23.2 Å². The predicted octanol–water partition coefficient (Wildman–Crippen LogP) is 3.65. The summed E-state index contributed by atoms with van der Waals surface area (Å²) >= 11 is 1.82. The summed E-state index contributed by atoms with van der Waals surface area (Å²) in [5.41, 5.74) is 1.01. The van der Waals surface area contributed by atoms with E-state index in [4.69, 9.17) is 4.42 Å². The molecule has 1 aromatic carbocycles. The highest BCUT2D eigenvalue weighted by Gasteiger charge is 2.26. The Morgan fingerprint density at radius 2 is 2.17 bits per heavy atom. The van der Waals surface area contributed by atoms with Gasteiger partial charge in [0.2, 0.25) is 17.7 Å². The maximum Gasteiger partial charge on any atom is 0.227 e. The third kappa shape index (κ3) is 3.58. The largest absolute Gasteiger partial charge is 0.425 e. The molecular formula is C17H21N3O2S. The highest BCUT2D eigenvalue weighted by molar-refractivity contribution is 8.00. The molecule has 1 amide bonds. The van der Waals surface area contributed by atoms with Gasteiger partial charge in [0, 0.05) is 35.4 Å². The molecule has 1 aliphatic rings. The number of fused-ring (bicyclic) bond motifs is 1. The Balaban J connectivity index is 1.68. The molecule has 0 aliphatic carbocycles. The molecule has 23 heavy (non-hydrogen) atoms. The summed E-state index contributed by atoms with van der Waals surface area (Å²) in [4.78, 5) is 15.7. The van der Waals surface area contributed by atoms with Gasteiger partial charge in [-0.3, -0.25) is 4.79 Å². The first kappa shape index (κ1) is 16.1. The lowest BCUT2D eigenvalue weighted by atomic mass is 10.2. The summed E-state index contributed by atoms with van der Waals surface area (Å²) in [5.74, 6) is 1.48. The van der Waals surface area contributed by atoms with Crippen molar-refractivity contribution >= 4 is 23.4 Å². The summed E-state index contributed by atoms with van der Waals surface area (Å²) < 4.78 is 5.58. The Morgan fingerprint density at radius 1 is 1.39 bits per heavy atom. The summed E-state index contributed by atoms with van der Waals surface area (Å²) in [6, 6.07) is 8.07. The number of carbonyl (C=O) groups is 1. The van der Waals surface area contributed by atoms with Gasteiger partial charge >= 0.3 is 0 Å². The molecule has 0 N–H and O–H groups in total. The second kappa shape index (κ2) is 6.74. The van der Waals surface area contributed by atoms with Crippen LogP contribution in [-0.4, -0.2) is 27.9 Å². The zero-order valence-corrected chi connectivity index (χ0v) is 14.5. The molecule has 1 unspecified atom stereocenters. The van der Waals surface area contributed by atoms with Gasteiger partial charge < -0.3 is 9.32 Å². The monoisotopic (exact) mass is 331 g/mol. The molecule has 2 heterocycles. The van der Waals surface area contributed by atoms with Gasteiger partial charge in [-0.25, -0.2) is 0 Å². The number of anilines is 1. The number of hydrogen-bond donors (Lipinski definition) is 0. The minimum absolute atomic E-state index is 0.105. The highest BCUT2D eigenvalue weighted by Crippen LogP contribution is 2.38. The van der Waals surface area contributed by atoms with Crippen LogP contribution in [-0.2, 0) is 11.2 Å². The fraction of sp³-hybridized carbons (Fsp3) is 0.471. The molecule has 0 radical (unpaired) electrons. The van der Waals surface area contributed by atoms with E-state index >= 15 is 0 Å². The van der Waals surface area contributed by atoms with Crippen molar-refractivity contribution in [3.63, 3.8) is 0 Å². The summed E-state index contributed by atoms with van der Waals surface area (Å²) in [5, 5.41) is 8.42. The first-order valence-corrected chi connectivity index (χ1v) is 8.81. The van der Waals surface area contributed by atoms with Crippen molar-refractivity contribution in [2.24, 2.45) is 0 Å². The Labute approximate surface area is 140 Å². The summed E-state index contributed by atoms with van der Waals surface area (Å²) in [6.07, 6.45) is 0.865. The molecule has 6 heteroatoms. The summed E-state index contributed by atoms with van der Waals surface area (Å²) in [7, 11) is 0. The van der Waals surface area contributed by atoms with E-state index in [1.54, 1.807) is 0 Å². The fourth-order valence-corrected chi connectivity index (χ4v) is 3.69.